The van der Waals surface area contributed by atoms with Crippen molar-refractivity contribution in [2.75, 3.05) is 18.1 Å². The van der Waals surface area contributed by atoms with Crippen molar-refractivity contribution in [3.05, 3.63) is 192 Å². The predicted octanol–water partition coefficient (Wildman–Crippen LogP) is 6.09. The minimum atomic E-state index is -1.57. The number of amidine groups is 1. The number of aromatic hydroxyl groups is 1. The Morgan fingerprint density at radius 3 is 1.55 bits per heavy atom. The molecule has 30 heteroatoms. The van der Waals surface area contributed by atoms with Gasteiger partial charge in [-0.2, -0.15) is 0 Å². The summed E-state index contributed by atoms with van der Waals surface area (Å²) in [6.07, 6.45) is 5.27. The minimum Gasteiger partial charge on any atom is -0.508 e. The minimum absolute atomic E-state index is 0.00339. The van der Waals surface area contributed by atoms with Gasteiger partial charge in [0.1, 0.15) is 65.4 Å². The number of para-hydroxylation sites is 2. The van der Waals surface area contributed by atoms with Gasteiger partial charge in [0.25, 0.3) is 0 Å². The van der Waals surface area contributed by atoms with E-state index in [1.807, 2.05) is 42.5 Å². The van der Waals surface area contributed by atoms with Crippen LogP contribution in [0.2, 0.25) is 0 Å². The SMILES string of the molecule is C[C@@H]1CC(=O)[C@@H]2CSSC[C@H](NC(=O)[C@H](Cc3c[nH]c4ccccc34)NC(=O)[C@H](CCCCN)NC(=O)[C@H](Cc3ccccc3)NC(=O)[C@H](Cc3ccc(O)cc3)CC1=O)C(=O)N[C@@H](C)C(=O)N[C@@H](Cc1c[nH]cn1)C(=O)N[C@H](Cc1ccccc1)C(=O)N[C@@H](CCCCC(=N)N)C(=O)C[C@@H](Cc1c[nH]c3ccccc13)C(=O)C2. The molecule has 8 amide bonds. The molecule has 12 atom stereocenters. The summed E-state index contributed by atoms with van der Waals surface area (Å²) in [5.74, 6) is -14.0. The van der Waals surface area contributed by atoms with Crippen LogP contribution in [0.15, 0.2) is 158 Å². The van der Waals surface area contributed by atoms with Gasteiger partial charge in [-0.25, -0.2) is 4.98 Å². The van der Waals surface area contributed by atoms with Crippen molar-refractivity contribution in [1.82, 2.24) is 62.5 Å². The predicted molar refractivity (Wildman–Crippen MR) is 436 cm³/mol. The Morgan fingerprint density at radius 1 is 0.447 bits per heavy atom. The molecule has 3 aromatic heterocycles. The fourth-order valence-electron chi connectivity index (χ4n) is 14.3. The maximum Gasteiger partial charge on any atom is 0.244 e. The number of phenolic OH excluding ortho intramolecular Hbond substituents is 1. The Balaban J connectivity index is 1.08. The Kier molecular flexibility index (Phi) is 31.4. The van der Waals surface area contributed by atoms with Crippen molar-refractivity contribution in [2.45, 2.75) is 171 Å². The molecule has 2 bridgehead atoms. The smallest absolute Gasteiger partial charge is 0.244 e. The van der Waals surface area contributed by atoms with E-state index in [1.165, 1.54) is 38.5 Å². The van der Waals surface area contributed by atoms with Crippen LogP contribution in [0.3, 0.4) is 0 Å². The van der Waals surface area contributed by atoms with Gasteiger partial charge in [-0.1, -0.05) is 144 Å². The number of imidazole rings is 1. The number of Topliss-reactive ketones (excluding diaryl/α,β-unsaturated/α-hetero) is 4. The van der Waals surface area contributed by atoms with E-state index in [9.17, 15) is 9.90 Å². The molecular formula is C84H101N15O13S2. The molecule has 0 unspecified atom stereocenters. The van der Waals surface area contributed by atoms with Gasteiger partial charge in [0.2, 0.25) is 47.3 Å². The number of hydrogen-bond acceptors (Lipinski definition) is 18. The van der Waals surface area contributed by atoms with Crippen molar-refractivity contribution in [1.29, 1.82) is 5.41 Å². The zero-order valence-electron chi connectivity index (χ0n) is 63.8. The number of rotatable bonds is 21. The standard InChI is InChI=1S/C84H101N15O13S2/c1-49-33-73(102)58-41-74(103)54(37-56-43-89-63-23-11-9-21-61(56)63)39-75(104)65(25-13-14-27-76(86)87)93-80(108)68(36-52-19-7-4-8-20-52)97-83(111)70(42-59-45-88-48-91-59)95-77(105)50(2)92-84(112)71(47-114-113-46-58)99-82(110)69(38-57-44-90-64-24-12-10-22-62(57)64)98-79(107)66(26-15-16-32-85)94-81(109)67(35-51-17-5-3-6-18-51)96-78(106)55(40-72(49)101)34-53-28-30-60(100)31-29-53/h3-12,17-24,28-31,43-45,48-50,54-55,58,65-71,89-90,100H,13-16,25-27,32-42,46-47,85H2,1-2H3,(H3,86,87)(H,88,91)(H,92,112)(H,93,108)(H,94,109)(H,95,105)(H,96,106)(H,97,111)(H,98,107)(H,99,110)/t49-,50+,54-,55-,58+,65+,66+,67+,68-,69+,70+,71+/m1/s1. The molecule has 2 saturated heterocycles. The number of ketones is 4. The van der Waals surface area contributed by atoms with Gasteiger partial charge in [0.15, 0.2) is 5.78 Å². The number of aromatic nitrogens is 4. The molecule has 0 aliphatic carbocycles. The monoisotopic (exact) mass is 1590 g/mol. The summed E-state index contributed by atoms with van der Waals surface area (Å²) >= 11 is 0. The number of aromatic amines is 3. The summed E-state index contributed by atoms with van der Waals surface area (Å²) in [4.78, 5) is 197. The van der Waals surface area contributed by atoms with E-state index in [1.54, 1.807) is 91.3 Å². The van der Waals surface area contributed by atoms with E-state index < -0.39 is 168 Å². The third-order valence-corrected chi connectivity index (χ3v) is 23.3. The molecule has 5 aromatic carbocycles. The number of unbranched alkanes of at least 4 members (excludes halogenated alkanes) is 2. The van der Waals surface area contributed by atoms with Gasteiger partial charge >= 0.3 is 0 Å². The molecule has 10 rings (SSSR count). The van der Waals surface area contributed by atoms with Crippen molar-refractivity contribution in [3.8, 4) is 5.75 Å². The second-order valence-electron chi connectivity index (χ2n) is 29.6. The van der Waals surface area contributed by atoms with Gasteiger partial charge in [-0.15, -0.1) is 0 Å². The number of hydrogen-bond donors (Lipinski definition) is 15. The van der Waals surface area contributed by atoms with Crippen molar-refractivity contribution >= 4 is 120 Å². The first-order chi connectivity index (χ1) is 54.9. The summed E-state index contributed by atoms with van der Waals surface area (Å²) in [5, 5.41) is 42.5. The fraction of sp³-hybridized carbons (Fsp3) is 0.405. The van der Waals surface area contributed by atoms with Gasteiger partial charge in [-0.3, -0.25) is 62.9 Å². The zero-order valence-corrected chi connectivity index (χ0v) is 65.5. The molecule has 602 valence electrons. The summed E-state index contributed by atoms with van der Waals surface area (Å²) < 4.78 is 0. The Morgan fingerprint density at radius 2 is 0.947 bits per heavy atom. The highest BCUT2D eigenvalue weighted by molar-refractivity contribution is 8.76. The first kappa shape index (κ1) is 85.2. The first-order valence-electron chi connectivity index (χ1n) is 38.7. The van der Waals surface area contributed by atoms with E-state index in [0.29, 0.717) is 63.7 Å². The third-order valence-electron chi connectivity index (χ3n) is 20.9. The highest BCUT2D eigenvalue weighted by Gasteiger charge is 2.39. The number of carbonyl (C=O) groups is 12. The third kappa shape index (κ3) is 24.9. The second kappa shape index (κ2) is 42.0. The number of H-pyrrole nitrogens is 3. The van der Waals surface area contributed by atoms with E-state index in [0.717, 1.165) is 32.5 Å². The van der Waals surface area contributed by atoms with Crippen molar-refractivity contribution in [3.63, 3.8) is 0 Å². The van der Waals surface area contributed by atoms with Crippen LogP contribution in [-0.4, -0.2) is 168 Å². The number of nitrogens with zero attached hydrogens (tertiary/aromatic N) is 1. The van der Waals surface area contributed by atoms with E-state index in [2.05, 4.69) is 62.5 Å². The highest BCUT2D eigenvalue weighted by atomic mass is 33.1. The molecule has 0 saturated carbocycles. The number of nitrogens with one attached hydrogen (secondary N) is 12. The van der Waals surface area contributed by atoms with Gasteiger partial charge in [-0.05, 0) is 110 Å². The van der Waals surface area contributed by atoms with Gasteiger partial charge < -0.3 is 74.1 Å². The number of amides is 8. The van der Waals surface area contributed by atoms with Gasteiger partial charge in [0, 0.05) is 133 Å². The molecule has 17 N–H and O–H groups in total. The van der Waals surface area contributed by atoms with Crippen LogP contribution in [-0.2, 0) is 96.1 Å². The molecule has 114 heavy (non-hydrogen) atoms. The van der Waals surface area contributed by atoms with Crippen LogP contribution in [0.1, 0.15) is 118 Å². The summed E-state index contributed by atoms with van der Waals surface area (Å²) in [6.45, 7) is 3.12. The summed E-state index contributed by atoms with van der Waals surface area (Å²) in [6, 6.07) is 26.7. The van der Waals surface area contributed by atoms with Crippen molar-refractivity contribution in [2.24, 2.45) is 35.1 Å². The van der Waals surface area contributed by atoms with Crippen LogP contribution in [0.5, 0.6) is 5.75 Å². The molecule has 2 fully saturated rings. The number of carbonyl (C=O) groups excluding carboxylic acids is 12. The lowest BCUT2D eigenvalue weighted by Gasteiger charge is -2.28. The maximum absolute atomic E-state index is 15.8. The Labute approximate surface area is 668 Å². The molecule has 0 radical (unpaired) electrons. The summed E-state index contributed by atoms with van der Waals surface area (Å²) in [5.41, 5.74) is 16.6. The second-order valence-corrected chi connectivity index (χ2v) is 32.2. The molecule has 28 nitrogen and oxygen atoms in total. The van der Waals surface area contributed by atoms with E-state index >= 15 is 52.7 Å². The number of phenols is 1. The average molecular weight is 1590 g/mol. The largest absolute Gasteiger partial charge is 0.508 e. The molecule has 5 heterocycles. The van der Waals surface area contributed by atoms with Crippen LogP contribution >= 0.6 is 21.6 Å². The highest BCUT2D eigenvalue weighted by Crippen LogP contribution is 2.33. The lowest BCUT2D eigenvalue weighted by molar-refractivity contribution is -0.136. The van der Waals surface area contributed by atoms with Crippen LogP contribution in [0.4, 0.5) is 0 Å². The number of nitrogens with two attached hydrogens (primary N) is 2. The Hall–Kier alpha value is -11.2. The van der Waals surface area contributed by atoms with Crippen LogP contribution in [0.25, 0.3) is 21.8 Å². The summed E-state index contributed by atoms with van der Waals surface area (Å²) in [7, 11) is 2.10. The van der Waals surface area contributed by atoms with Crippen LogP contribution < -0.4 is 54.0 Å². The molecule has 2 aliphatic heterocycles. The molecular weight excluding hydrogens is 1490 g/mol. The first-order valence-corrected chi connectivity index (χ1v) is 41.2. The van der Waals surface area contributed by atoms with E-state index in [-0.39, 0.29) is 93.8 Å². The van der Waals surface area contributed by atoms with Gasteiger partial charge in [0.05, 0.1) is 23.9 Å². The quantitative estimate of drug-likeness (QED) is 0.0167. The van der Waals surface area contributed by atoms with Crippen LogP contribution in [0, 0.1) is 29.1 Å². The van der Waals surface area contributed by atoms with E-state index in [4.69, 9.17) is 16.9 Å². The maximum atomic E-state index is 15.8. The lowest BCUT2D eigenvalue weighted by atomic mass is 9.82. The Bertz CT molecular complexity index is 4670. The lowest BCUT2D eigenvalue weighted by Crippen LogP contribution is -2.61. The molecule has 2 aliphatic rings. The molecule has 8 aromatic rings. The zero-order chi connectivity index (χ0) is 81.2. The number of benzene rings is 5. The molecule has 0 spiro atoms. The normalized spacial score (nSPS) is 23.8. The number of fused-ring (bicyclic) bond motifs is 7. The average Bonchev–Trinajstić information content (AvgIpc) is 1.66. The van der Waals surface area contributed by atoms with Crippen molar-refractivity contribution < 1.29 is 62.6 Å². The topological polar surface area (TPSA) is 457 Å². The fourth-order valence-corrected chi connectivity index (χ4v) is 16.8.